The molecule has 2 aromatic heterocycles. The molecular formula is C58H90B3N15O19. The van der Waals surface area contributed by atoms with Crippen LogP contribution < -0.4 is 49.9 Å². The van der Waals surface area contributed by atoms with Crippen LogP contribution in [-0.4, -0.2) is 236 Å². The molecule has 17 atom stereocenters. The molecule has 37 heteroatoms. The average molecular weight is 1330 g/mol. The second-order valence-electron chi connectivity index (χ2n) is 25.0. The van der Waals surface area contributed by atoms with Crippen molar-refractivity contribution in [3.05, 3.63) is 58.6 Å². The van der Waals surface area contributed by atoms with Crippen LogP contribution in [0.25, 0.3) is 0 Å². The Balaban J connectivity index is 1.23. The Bertz CT molecular complexity index is 3160. The molecule has 0 radical (unpaired) electrons. The number of aromatic amines is 1. The molecular weight excluding hydrogens is 1240 g/mol. The normalized spacial score (nSPS) is 24.7. The Kier molecular flexibility index (Phi) is 28.5. The summed E-state index contributed by atoms with van der Waals surface area (Å²) in [7, 11) is 0.992. The summed E-state index contributed by atoms with van der Waals surface area (Å²) in [6, 6.07) is -4.07. The van der Waals surface area contributed by atoms with Gasteiger partial charge in [-0.1, -0.05) is 52.7 Å². The molecule has 0 bridgehead atoms. The molecule has 21 N–H and O–H groups in total. The van der Waals surface area contributed by atoms with Gasteiger partial charge in [-0.25, -0.2) is 19.7 Å². The molecule has 0 spiro atoms. The number of nitrogens with two attached hydrogens (primary N) is 5. The molecule has 6 heterocycles. The smallest absolute Gasteiger partial charge is 0.404 e. The van der Waals surface area contributed by atoms with Crippen molar-refractivity contribution >= 4 is 85.6 Å². The maximum Gasteiger partial charge on any atom is 0.404 e. The van der Waals surface area contributed by atoms with E-state index in [0.29, 0.717) is 51.2 Å². The number of rotatable bonds is 36. The van der Waals surface area contributed by atoms with Crippen LogP contribution in [0.4, 0.5) is 10.6 Å². The molecule has 10 unspecified atom stereocenters. The summed E-state index contributed by atoms with van der Waals surface area (Å²) in [5.74, 6) is -4.28. The van der Waals surface area contributed by atoms with E-state index in [1.54, 1.807) is 19.8 Å². The lowest BCUT2D eigenvalue weighted by atomic mass is 9.51. The number of Topliss-reactive ketones (excluding diaryl/α,β-unsaturated/α-hetero) is 1. The van der Waals surface area contributed by atoms with Crippen molar-refractivity contribution in [1.82, 2.24) is 41.2 Å². The number of nitrogen functional groups attached to an aromatic ring is 1. The number of aliphatic hydroxyl groups excluding tert-OH is 6. The number of ether oxygens (including phenoxy) is 5. The lowest BCUT2D eigenvalue weighted by Crippen LogP contribution is -2.65. The summed E-state index contributed by atoms with van der Waals surface area (Å²) in [6.45, 7) is 11.8. The number of allylic oxidation sites excluding steroid dienone is 1. The van der Waals surface area contributed by atoms with Crippen LogP contribution in [0.3, 0.4) is 0 Å². The van der Waals surface area contributed by atoms with Crippen molar-refractivity contribution in [1.29, 1.82) is 0 Å². The van der Waals surface area contributed by atoms with Gasteiger partial charge in [-0.3, -0.25) is 43.5 Å². The number of aliphatic hydroxyl groups is 6. The number of aromatic nitrogens is 4. The number of primary amides is 3. The quantitative estimate of drug-likeness (QED) is 0.0225. The van der Waals surface area contributed by atoms with Gasteiger partial charge in [0.05, 0.1) is 37.0 Å². The molecule has 34 nitrogen and oxygen atoms in total. The summed E-state index contributed by atoms with van der Waals surface area (Å²) >= 11 is 0. The number of hydrogen-bond acceptors (Lipinski definition) is 26. The van der Waals surface area contributed by atoms with E-state index >= 15 is 4.79 Å². The summed E-state index contributed by atoms with van der Waals surface area (Å²) in [6.07, 6.45) is -18.9. The molecule has 4 aliphatic heterocycles. The monoisotopic (exact) mass is 1330 g/mol. The van der Waals surface area contributed by atoms with E-state index in [-0.39, 0.29) is 78.6 Å². The number of carbonyl (C=O) groups excluding carboxylic acids is 8. The molecule has 2 saturated heterocycles. The first kappa shape index (κ1) is 76.4. The van der Waals surface area contributed by atoms with E-state index in [1.165, 1.54) is 19.4 Å². The third-order valence-corrected chi connectivity index (χ3v) is 16.8. The number of nitrogens with one attached hydrogen (secondary N) is 5. The number of nitrogens with zero attached hydrogens (tertiary/aromatic N) is 5. The topological polar surface area (TPSA) is 561 Å². The number of imidazole rings is 1. The van der Waals surface area contributed by atoms with Gasteiger partial charge in [0.1, 0.15) is 90.4 Å². The molecule has 95 heavy (non-hydrogen) atoms. The fourth-order valence-electron chi connectivity index (χ4n) is 11.2. The number of ketones is 1. The lowest BCUT2D eigenvalue weighted by molar-refractivity contribution is -0.372. The van der Waals surface area contributed by atoms with Crippen LogP contribution in [0.2, 0.25) is 20.0 Å². The van der Waals surface area contributed by atoms with Gasteiger partial charge < -0.3 is 109 Å². The molecule has 2 aromatic rings. The number of H-pyrrole nitrogens is 1. The Labute approximate surface area is 550 Å². The molecule has 4 aliphatic rings. The summed E-state index contributed by atoms with van der Waals surface area (Å²) in [5.41, 5.74) is 30.3. The van der Waals surface area contributed by atoms with Gasteiger partial charge in [0, 0.05) is 67.1 Å². The second-order valence-corrected chi connectivity index (χ2v) is 25.0. The highest BCUT2D eigenvalue weighted by Crippen LogP contribution is 2.35. The molecule has 0 aliphatic carbocycles. The number of carbonyl (C=O) groups is 8. The fraction of sp³-hybridized carbons (Fsp3) is 0.638. The molecule has 7 amide bonds. The number of anilines is 1. The zero-order valence-electron chi connectivity index (χ0n) is 54.3. The van der Waals surface area contributed by atoms with Gasteiger partial charge in [-0.2, -0.15) is 0 Å². The van der Waals surface area contributed by atoms with Crippen molar-refractivity contribution in [2.24, 2.45) is 50.7 Å². The van der Waals surface area contributed by atoms with E-state index in [1.807, 2.05) is 19.8 Å². The van der Waals surface area contributed by atoms with Crippen LogP contribution in [0.15, 0.2) is 45.9 Å². The van der Waals surface area contributed by atoms with Crippen molar-refractivity contribution in [2.75, 3.05) is 32.0 Å². The standard InChI is InChI=1S/C58H90B3N15O19/c1-24(2)29(52(86)69-14-11-37-59-18-31(72-37)48-60-19-32(73-48)53(87)68-13-8-12-61(6)7)17-34(79)25(3)15-26(4)71-55(89)40(75-54(88)39-27(5)49(64)76-51(74-39)28(16-38(63)80)9-10-30(62)50(65)85)45(33-20-67-23-70-33)93-57-47(43(83)41(81)35(21-77)92-57)94-56-44(84)46(95-58(66)90)42(82)36(22-78)91-56/h18-20,23-26,28-30,35-36,40-47,56-57,59-60,77-78,81-84H,8-17,21-22,62H2,1-7H3,(H2,63,80)(H2,65,85)(H2,66,90)(H,67,70)(H,68,87)(H,69,86)(H,71,89)(H,75,88)(H2,64,74,76)/t25-,26+,28-,29-,30-,35?,36?,40-,41?,42?,43?,44?,45-,46?,47?,56?,57?/m0/s1. The van der Waals surface area contributed by atoms with Crippen LogP contribution in [0, 0.1) is 24.7 Å². The largest absolute Gasteiger partial charge is 0.441 e. The fourth-order valence-corrected chi connectivity index (χ4v) is 11.2. The van der Waals surface area contributed by atoms with Crippen molar-refractivity contribution in [3.8, 4) is 0 Å². The highest BCUT2D eigenvalue weighted by molar-refractivity contribution is 6.87. The predicted molar refractivity (Wildman–Crippen MR) is 345 cm³/mol. The Morgan fingerprint density at radius 1 is 0.800 bits per heavy atom. The van der Waals surface area contributed by atoms with Gasteiger partial charge in [-0.15, -0.1) is 0 Å². The summed E-state index contributed by atoms with van der Waals surface area (Å²) in [4.78, 5) is 132. The predicted octanol–water partition coefficient (Wildman–Crippen LogP) is -4.87. The minimum Gasteiger partial charge on any atom is -0.441 e. The van der Waals surface area contributed by atoms with Gasteiger partial charge in [-0.05, 0) is 57.5 Å². The van der Waals surface area contributed by atoms with Gasteiger partial charge in [0.25, 0.3) is 11.8 Å². The number of aliphatic imine (C=N–C) groups is 2. The van der Waals surface area contributed by atoms with E-state index in [4.69, 9.17) is 57.3 Å². The van der Waals surface area contributed by atoms with Crippen LogP contribution in [0.1, 0.15) is 112 Å². The Hall–Kier alpha value is -7.58. The molecule has 0 aromatic carbocycles. The van der Waals surface area contributed by atoms with Gasteiger partial charge in [0.15, 0.2) is 18.7 Å². The van der Waals surface area contributed by atoms with Gasteiger partial charge >= 0.3 is 6.09 Å². The zero-order valence-corrected chi connectivity index (χ0v) is 54.3. The lowest BCUT2D eigenvalue weighted by Gasteiger charge is -2.47. The average Bonchev–Trinajstić information content (AvgIpc) is 0.973. The van der Waals surface area contributed by atoms with Gasteiger partial charge in [0.2, 0.25) is 38.2 Å². The van der Waals surface area contributed by atoms with Crippen molar-refractivity contribution < 1.29 is 92.7 Å². The van der Waals surface area contributed by atoms with E-state index < -0.39 is 158 Å². The van der Waals surface area contributed by atoms with Crippen LogP contribution in [0.5, 0.6) is 0 Å². The highest BCUT2D eigenvalue weighted by atomic mass is 16.8. The maximum atomic E-state index is 15.2. The van der Waals surface area contributed by atoms with E-state index in [2.05, 4.69) is 59.8 Å². The first-order valence-electron chi connectivity index (χ1n) is 31.6. The first-order valence-corrected chi connectivity index (χ1v) is 31.6. The number of amides is 7. The third-order valence-electron chi connectivity index (χ3n) is 16.8. The van der Waals surface area contributed by atoms with Crippen LogP contribution in [-0.2, 0) is 52.5 Å². The highest BCUT2D eigenvalue weighted by Gasteiger charge is 2.54. The molecule has 2 fully saturated rings. The molecule has 6 rings (SSSR count). The Morgan fingerprint density at radius 2 is 1.49 bits per heavy atom. The molecule has 520 valence electrons. The molecule has 0 saturated carbocycles. The zero-order chi connectivity index (χ0) is 70.1. The second kappa shape index (κ2) is 35.4. The number of hydrogen-bond donors (Lipinski definition) is 16. The van der Waals surface area contributed by atoms with Crippen molar-refractivity contribution in [3.63, 3.8) is 0 Å². The summed E-state index contributed by atoms with van der Waals surface area (Å²) < 4.78 is 29.0. The first-order chi connectivity index (χ1) is 44.9. The van der Waals surface area contributed by atoms with E-state index in [0.717, 1.165) is 18.4 Å². The Morgan fingerprint density at radius 3 is 2.13 bits per heavy atom. The maximum absolute atomic E-state index is 15.2. The van der Waals surface area contributed by atoms with Crippen LogP contribution >= 0.6 is 0 Å². The minimum absolute atomic E-state index is 0.0285. The van der Waals surface area contributed by atoms with Crippen molar-refractivity contribution in [2.45, 2.75) is 191 Å². The third kappa shape index (κ3) is 21.0. The SMILES string of the molecule is CB(C)CCCNC(=O)C1=CBC(C2=CBC(CCNC(=O)[C@@H](CC(=O)[C@@H](C)C[C@@H](C)NC(=O)[C@@H](NC(=O)c3nc([C@@H](CC[C@H](N)C(N)=O)CC(N)=O)nc(N)c3C)[C@@H](OC3OC(CO)C(O)C(O)C3OC3OC(CO)C(O)C(OC(N)=O)C3O)c3c[nH]cn3)C(C)C)=N2)=N1. The van der Waals surface area contributed by atoms with E-state index in [9.17, 15) is 64.2 Å². The minimum atomic E-state index is -2.13. The summed E-state index contributed by atoms with van der Waals surface area (Å²) in [5, 5.41) is 76.8.